The Kier molecular flexibility index (Phi) is 3.10. The average molecular weight is 226 g/mol. The van der Waals surface area contributed by atoms with Gasteiger partial charge in [-0.15, -0.1) is 0 Å². The molecular formula is C12H22N2O2. The van der Waals surface area contributed by atoms with Crippen LogP contribution in [0.4, 0.5) is 4.79 Å². The van der Waals surface area contributed by atoms with E-state index in [2.05, 4.69) is 10.6 Å². The number of hydrogen-bond donors (Lipinski definition) is 2. The second-order valence-electron chi connectivity index (χ2n) is 5.92. The lowest BCUT2D eigenvalue weighted by atomic mass is 10.1. The normalized spacial score (nSPS) is 30.2. The highest BCUT2D eigenvalue weighted by atomic mass is 16.5. The van der Waals surface area contributed by atoms with Gasteiger partial charge < -0.3 is 15.4 Å². The molecule has 2 unspecified atom stereocenters. The Bertz CT molecular complexity index is 269. The molecule has 0 spiro atoms. The van der Waals surface area contributed by atoms with Crippen LogP contribution in [0.5, 0.6) is 0 Å². The molecule has 2 rings (SSSR count). The van der Waals surface area contributed by atoms with E-state index in [1.54, 1.807) is 0 Å². The van der Waals surface area contributed by atoms with Crippen LogP contribution in [-0.2, 0) is 4.74 Å². The van der Waals surface area contributed by atoms with E-state index in [0.717, 1.165) is 13.0 Å². The summed E-state index contributed by atoms with van der Waals surface area (Å²) >= 11 is 0. The lowest BCUT2D eigenvalue weighted by molar-refractivity contribution is 0.0823. The Morgan fingerprint density at radius 3 is 2.50 bits per heavy atom. The minimum absolute atomic E-state index is 0.0753. The van der Waals surface area contributed by atoms with Crippen molar-refractivity contribution < 1.29 is 9.53 Å². The number of hydrogen-bond acceptors (Lipinski definition) is 2. The van der Waals surface area contributed by atoms with Crippen molar-refractivity contribution in [3.05, 3.63) is 0 Å². The van der Waals surface area contributed by atoms with Gasteiger partial charge in [0.15, 0.2) is 0 Å². The first kappa shape index (κ1) is 11.7. The molecule has 2 N–H and O–H groups in total. The van der Waals surface area contributed by atoms with Crippen molar-refractivity contribution in [2.24, 2.45) is 5.92 Å². The monoisotopic (exact) mass is 226 g/mol. The summed E-state index contributed by atoms with van der Waals surface area (Å²) in [5, 5.41) is 5.95. The first-order chi connectivity index (χ1) is 7.46. The average Bonchev–Trinajstić information content (AvgIpc) is 2.85. The van der Waals surface area contributed by atoms with Gasteiger partial charge in [-0.1, -0.05) is 0 Å². The summed E-state index contributed by atoms with van der Waals surface area (Å²) in [5.41, 5.74) is -0.182. The van der Waals surface area contributed by atoms with Gasteiger partial charge in [0.25, 0.3) is 0 Å². The van der Waals surface area contributed by atoms with Gasteiger partial charge in [-0.3, -0.25) is 0 Å². The van der Waals surface area contributed by atoms with E-state index in [1.807, 2.05) is 20.8 Å². The van der Waals surface area contributed by atoms with Crippen molar-refractivity contribution in [1.82, 2.24) is 10.6 Å². The third kappa shape index (κ3) is 3.11. The molecule has 2 fully saturated rings. The number of amides is 2. The molecule has 0 radical (unpaired) electrons. The molecule has 1 saturated carbocycles. The molecule has 0 aromatic heterocycles. The second kappa shape index (κ2) is 4.24. The molecule has 92 valence electrons. The van der Waals surface area contributed by atoms with Crippen LogP contribution in [0.3, 0.4) is 0 Å². The summed E-state index contributed by atoms with van der Waals surface area (Å²) in [5.74, 6) is 0.683. The maximum atomic E-state index is 11.7. The SMILES string of the molecule is CC(C)(C)NC(=O)NC1CCOC1C1CC1. The smallest absolute Gasteiger partial charge is 0.315 e. The maximum absolute atomic E-state index is 11.7. The predicted molar refractivity (Wildman–Crippen MR) is 62.3 cm³/mol. The Morgan fingerprint density at radius 2 is 1.94 bits per heavy atom. The van der Waals surface area contributed by atoms with Gasteiger partial charge >= 0.3 is 6.03 Å². The van der Waals surface area contributed by atoms with E-state index in [-0.39, 0.29) is 23.7 Å². The fraction of sp³-hybridized carbons (Fsp3) is 0.917. The number of carbonyl (C=O) groups is 1. The summed E-state index contributed by atoms with van der Waals surface area (Å²) in [4.78, 5) is 11.7. The van der Waals surface area contributed by atoms with Gasteiger partial charge in [0.05, 0.1) is 12.1 Å². The molecule has 0 aromatic carbocycles. The first-order valence-corrected chi connectivity index (χ1v) is 6.16. The molecule has 2 aliphatic rings. The lowest BCUT2D eigenvalue weighted by Gasteiger charge is -2.24. The van der Waals surface area contributed by atoms with Crippen LogP contribution in [0.25, 0.3) is 0 Å². The Labute approximate surface area is 97.1 Å². The summed E-state index contributed by atoms with van der Waals surface area (Å²) in [6.45, 7) is 6.73. The summed E-state index contributed by atoms with van der Waals surface area (Å²) in [7, 11) is 0. The third-order valence-electron chi connectivity index (χ3n) is 3.03. The predicted octanol–water partition coefficient (Wildman–Crippen LogP) is 1.65. The number of carbonyl (C=O) groups excluding carboxylic acids is 1. The molecule has 1 aliphatic carbocycles. The van der Waals surface area contributed by atoms with Gasteiger partial charge in [0.2, 0.25) is 0 Å². The highest BCUT2D eigenvalue weighted by Crippen LogP contribution is 2.38. The Morgan fingerprint density at radius 1 is 1.25 bits per heavy atom. The molecular weight excluding hydrogens is 204 g/mol. The fourth-order valence-electron chi connectivity index (χ4n) is 2.20. The van der Waals surface area contributed by atoms with Gasteiger partial charge in [-0.2, -0.15) is 0 Å². The van der Waals surface area contributed by atoms with Crippen molar-refractivity contribution in [1.29, 1.82) is 0 Å². The molecule has 0 aromatic rings. The van der Waals surface area contributed by atoms with Gasteiger partial charge in [-0.25, -0.2) is 4.79 Å². The molecule has 1 aliphatic heterocycles. The molecule has 2 amide bonds. The Hall–Kier alpha value is -0.770. The van der Waals surface area contributed by atoms with Crippen molar-refractivity contribution in [2.45, 2.75) is 57.7 Å². The second-order valence-corrected chi connectivity index (χ2v) is 5.92. The molecule has 4 nitrogen and oxygen atoms in total. The fourth-order valence-corrected chi connectivity index (χ4v) is 2.20. The maximum Gasteiger partial charge on any atom is 0.315 e. The third-order valence-corrected chi connectivity index (χ3v) is 3.03. The summed E-state index contributed by atoms with van der Waals surface area (Å²) < 4.78 is 5.68. The molecule has 0 bridgehead atoms. The van der Waals surface area contributed by atoms with E-state index in [0.29, 0.717) is 5.92 Å². The molecule has 1 heterocycles. The van der Waals surface area contributed by atoms with Gasteiger partial charge in [0, 0.05) is 12.1 Å². The van der Waals surface area contributed by atoms with Gasteiger partial charge in [-0.05, 0) is 46.0 Å². The minimum Gasteiger partial charge on any atom is -0.376 e. The van der Waals surface area contributed by atoms with Crippen LogP contribution < -0.4 is 10.6 Å². The van der Waals surface area contributed by atoms with Crippen molar-refractivity contribution >= 4 is 6.03 Å². The van der Waals surface area contributed by atoms with E-state index < -0.39 is 0 Å². The summed E-state index contributed by atoms with van der Waals surface area (Å²) in [6.07, 6.45) is 3.71. The zero-order valence-corrected chi connectivity index (χ0v) is 10.4. The summed E-state index contributed by atoms with van der Waals surface area (Å²) in [6, 6.07) is 0.128. The van der Waals surface area contributed by atoms with Crippen LogP contribution in [0.1, 0.15) is 40.0 Å². The van der Waals surface area contributed by atoms with Crippen LogP contribution >= 0.6 is 0 Å². The highest BCUT2D eigenvalue weighted by molar-refractivity contribution is 5.75. The van der Waals surface area contributed by atoms with E-state index >= 15 is 0 Å². The molecule has 4 heteroatoms. The van der Waals surface area contributed by atoms with E-state index in [1.165, 1.54) is 12.8 Å². The largest absolute Gasteiger partial charge is 0.376 e. The lowest BCUT2D eigenvalue weighted by Crippen LogP contribution is -2.51. The van der Waals surface area contributed by atoms with Crippen LogP contribution in [0.2, 0.25) is 0 Å². The first-order valence-electron chi connectivity index (χ1n) is 6.16. The molecule has 16 heavy (non-hydrogen) atoms. The van der Waals surface area contributed by atoms with Crippen molar-refractivity contribution in [3.63, 3.8) is 0 Å². The van der Waals surface area contributed by atoms with E-state index in [9.17, 15) is 4.79 Å². The highest BCUT2D eigenvalue weighted by Gasteiger charge is 2.41. The van der Waals surface area contributed by atoms with Crippen LogP contribution in [0.15, 0.2) is 0 Å². The van der Waals surface area contributed by atoms with Crippen LogP contribution in [-0.4, -0.2) is 30.3 Å². The topological polar surface area (TPSA) is 50.4 Å². The molecule has 1 saturated heterocycles. The number of rotatable bonds is 2. The number of urea groups is 1. The number of nitrogens with one attached hydrogen (secondary N) is 2. The van der Waals surface area contributed by atoms with E-state index in [4.69, 9.17) is 4.74 Å². The quantitative estimate of drug-likeness (QED) is 0.752. The number of ether oxygens (including phenoxy) is 1. The zero-order chi connectivity index (χ0) is 11.8. The van der Waals surface area contributed by atoms with Crippen molar-refractivity contribution in [3.8, 4) is 0 Å². The van der Waals surface area contributed by atoms with Crippen LogP contribution in [0, 0.1) is 5.92 Å². The standard InChI is InChI=1S/C12H22N2O2/c1-12(2,3)14-11(15)13-9-6-7-16-10(9)8-4-5-8/h8-10H,4-7H2,1-3H3,(H2,13,14,15). The zero-order valence-electron chi connectivity index (χ0n) is 10.4. The molecule has 2 atom stereocenters. The van der Waals surface area contributed by atoms with Gasteiger partial charge in [0.1, 0.15) is 0 Å². The Balaban J connectivity index is 1.81. The van der Waals surface area contributed by atoms with Crippen molar-refractivity contribution in [2.75, 3.05) is 6.61 Å². The minimum atomic E-state index is -0.182.